The maximum Gasteiger partial charge on any atom is 0.236 e. The molecule has 14 heavy (non-hydrogen) atoms. The summed E-state index contributed by atoms with van der Waals surface area (Å²) >= 11 is 0. The summed E-state index contributed by atoms with van der Waals surface area (Å²) in [5, 5.41) is 3.15. The molecule has 1 atom stereocenters. The normalized spacial score (nSPS) is 13.0. The van der Waals surface area contributed by atoms with Crippen LogP contribution in [0.25, 0.3) is 0 Å². The first-order chi connectivity index (χ1) is 6.52. The van der Waals surface area contributed by atoms with Crippen LogP contribution < -0.4 is 5.32 Å². The minimum absolute atomic E-state index is 0.204. The van der Waals surface area contributed by atoms with Gasteiger partial charge in [0.2, 0.25) is 5.91 Å². The van der Waals surface area contributed by atoms with Crippen molar-refractivity contribution in [3.63, 3.8) is 0 Å². The van der Waals surface area contributed by atoms with Gasteiger partial charge in [-0.1, -0.05) is 20.8 Å². The van der Waals surface area contributed by atoms with Gasteiger partial charge < -0.3 is 10.2 Å². The molecule has 0 heterocycles. The van der Waals surface area contributed by atoms with E-state index in [-0.39, 0.29) is 5.91 Å². The third-order valence-electron chi connectivity index (χ3n) is 2.45. The van der Waals surface area contributed by atoms with Gasteiger partial charge in [0.05, 0.1) is 6.54 Å². The lowest BCUT2D eigenvalue weighted by atomic mass is 10.2. The van der Waals surface area contributed by atoms with Gasteiger partial charge in [-0.2, -0.15) is 0 Å². The number of nitrogens with zero attached hydrogens (tertiary/aromatic N) is 1. The molecule has 0 bridgehead atoms. The first-order valence-corrected chi connectivity index (χ1v) is 5.55. The standard InChI is InChI=1S/C11H24N2O/c1-6-10(5)13(7-2)11(14)8-12-9(3)4/h9-10,12H,6-8H2,1-5H3. The van der Waals surface area contributed by atoms with Crippen molar-refractivity contribution < 1.29 is 4.79 Å². The van der Waals surface area contributed by atoms with E-state index in [1.807, 2.05) is 25.7 Å². The second-order valence-electron chi connectivity index (χ2n) is 3.97. The number of hydrogen-bond donors (Lipinski definition) is 1. The highest BCUT2D eigenvalue weighted by Gasteiger charge is 2.16. The molecule has 3 heteroatoms. The van der Waals surface area contributed by atoms with Crippen molar-refractivity contribution in [1.82, 2.24) is 10.2 Å². The maximum atomic E-state index is 11.7. The fourth-order valence-corrected chi connectivity index (χ4v) is 1.35. The molecule has 0 spiro atoms. The van der Waals surface area contributed by atoms with Crippen molar-refractivity contribution in [2.45, 2.75) is 53.1 Å². The van der Waals surface area contributed by atoms with Gasteiger partial charge in [-0.15, -0.1) is 0 Å². The summed E-state index contributed by atoms with van der Waals surface area (Å²) in [4.78, 5) is 13.7. The van der Waals surface area contributed by atoms with Gasteiger partial charge in [0, 0.05) is 18.6 Å². The van der Waals surface area contributed by atoms with Crippen molar-refractivity contribution in [2.75, 3.05) is 13.1 Å². The van der Waals surface area contributed by atoms with E-state index < -0.39 is 0 Å². The van der Waals surface area contributed by atoms with Crippen LogP contribution in [0.5, 0.6) is 0 Å². The molecular weight excluding hydrogens is 176 g/mol. The molecule has 0 aliphatic rings. The zero-order chi connectivity index (χ0) is 11.1. The van der Waals surface area contributed by atoms with Crippen LogP contribution in [0.2, 0.25) is 0 Å². The zero-order valence-electron chi connectivity index (χ0n) is 10.1. The van der Waals surface area contributed by atoms with Crippen molar-refractivity contribution in [1.29, 1.82) is 0 Å². The molecule has 0 aromatic heterocycles. The van der Waals surface area contributed by atoms with Gasteiger partial charge in [0.15, 0.2) is 0 Å². The highest BCUT2D eigenvalue weighted by molar-refractivity contribution is 5.78. The molecule has 0 aromatic rings. The van der Waals surface area contributed by atoms with Gasteiger partial charge in [-0.05, 0) is 20.3 Å². The van der Waals surface area contributed by atoms with E-state index in [2.05, 4.69) is 19.2 Å². The first kappa shape index (κ1) is 13.4. The summed E-state index contributed by atoms with van der Waals surface area (Å²) in [6.45, 7) is 11.6. The average molecular weight is 200 g/mol. The Morgan fingerprint density at radius 2 is 1.86 bits per heavy atom. The predicted octanol–water partition coefficient (Wildman–Crippen LogP) is 1.63. The van der Waals surface area contributed by atoms with E-state index in [1.165, 1.54) is 0 Å². The minimum atomic E-state index is 0.204. The smallest absolute Gasteiger partial charge is 0.236 e. The number of likely N-dealkylation sites (N-methyl/N-ethyl adjacent to an activating group) is 1. The molecule has 0 fully saturated rings. The summed E-state index contributed by atoms with van der Waals surface area (Å²) in [5.74, 6) is 0.204. The number of amides is 1. The van der Waals surface area contributed by atoms with Crippen molar-refractivity contribution in [3.05, 3.63) is 0 Å². The molecule has 0 aliphatic carbocycles. The number of carbonyl (C=O) groups excluding carboxylic acids is 1. The molecule has 84 valence electrons. The van der Waals surface area contributed by atoms with Crippen LogP contribution in [0.4, 0.5) is 0 Å². The fourth-order valence-electron chi connectivity index (χ4n) is 1.35. The van der Waals surface area contributed by atoms with Crippen LogP contribution >= 0.6 is 0 Å². The summed E-state index contributed by atoms with van der Waals surface area (Å²) < 4.78 is 0. The number of carbonyl (C=O) groups is 1. The third kappa shape index (κ3) is 4.61. The number of nitrogens with one attached hydrogen (secondary N) is 1. The van der Waals surface area contributed by atoms with Crippen LogP contribution in [-0.2, 0) is 4.79 Å². The predicted molar refractivity (Wildman–Crippen MR) is 60.3 cm³/mol. The Morgan fingerprint density at radius 1 is 1.29 bits per heavy atom. The van der Waals surface area contributed by atoms with Gasteiger partial charge in [0.1, 0.15) is 0 Å². The monoisotopic (exact) mass is 200 g/mol. The first-order valence-electron chi connectivity index (χ1n) is 5.55. The SMILES string of the molecule is CCC(C)N(CC)C(=O)CNC(C)C. The Morgan fingerprint density at radius 3 is 2.21 bits per heavy atom. The molecule has 1 unspecified atom stereocenters. The van der Waals surface area contributed by atoms with Gasteiger partial charge in [-0.25, -0.2) is 0 Å². The summed E-state index contributed by atoms with van der Waals surface area (Å²) in [7, 11) is 0. The average Bonchev–Trinajstić information content (AvgIpc) is 2.15. The van der Waals surface area contributed by atoms with Crippen LogP contribution in [0.15, 0.2) is 0 Å². The molecule has 0 saturated carbocycles. The quantitative estimate of drug-likeness (QED) is 0.707. The van der Waals surface area contributed by atoms with Crippen LogP contribution in [0.1, 0.15) is 41.0 Å². The Hall–Kier alpha value is -0.570. The molecular formula is C11H24N2O. The Kier molecular flexibility index (Phi) is 6.54. The molecule has 3 nitrogen and oxygen atoms in total. The lowest BCUT2D eigenvalue weighted by molar-refractivity contribution is -0.132. The molecule has 0 radical (unpaired) electrons. The third-order valence-corrected chi connectivity index (χ3v) is 2.45. The van der Waals surface area contributed by atoms with Gasteiger partial charge in [0.25, 0.3) is 0 Å². The largest absolute Gasteiger partial charge is 0.339 e. The molecule has 1 amide bonds. The van der Waals surface area contributed by atoms with E-state index in [0.717, 1.165) is 13.0 Å². The van der Waals surface area contributed by atoms with E-state index >= 15 is 0 Å². The summed E-state index contributed by atoms with van der Waals surface area (Å²) in [6.07, 6.45) is 1.02. The van der Waals surface area contributed by atoms with Gasteiger partial charge >= 0.3 is 0 Å². The highest BCUT2D eigenvalue weighted by Crippen LogP contribution is 2.02. The van der Waals surface area contributed by atoms with E-state index in [4.69, 9.17) is 0 Å². The van der Waals surface area contributed by atoms with E-state index in [1.54, 1.807) is 0 Å². The number of rotatable bonds is 6. The molecule has 1 N–H and O–H groups in total. The summed E-state index contributed by atoms with van der Waals surface area (Å²) in [5.41, 5.74) is 0. The van der Waals surface area contributed by atoms with E-state index in [9.17, 15) is 4.79 Å². The summed E-state index contributed by atoms with van der Waals surface area (Å²) in [6, 6.07) is 0.719. The lowest BCUT2D eigenvalue weighted by Crippen LogP contribution is -2.44. The van der Waals surface area contributed by atoms with Gasteiger partial charge in [-0.3, -0.25) is 4.79 Å². The number of hydrogen-bond acceptors (Lipinski definition) is 2. The molecule has 0 aliphatic heterocycles. The lowest BCUT2D eigenvalue weighted by Gasteiger charge is -2.27. The minimum Gasteiger partial charge on any atom is -0.339 e. The fraction of sp³-hybridized carbons (Fsp3) is 0.909. The topological polar surface area (TPSA) is 32.3 Å². The second kappa shape index (κ2) is 6.82. The van der Waals surface area contributed by atoms with Crippen LogP contribution in [0, 0.1) is 0 Å². The Bertz CT molecular complexity index is 169. The maximum absolute atomic E-state index is 11.7. The van der Waals surface area contributed by atoms with Crippen LogP contribution in [-0.4, -0.2) is 36.0 Å². The van der Waals surface area contributed by atoms with Crippen molar-refractivity contribution >= 4 is 5.91 Å². The van der Waals surface area contributed by atoms with E-state index in [0.29, 0.717) is 18.6 Å². The Labute approximate surface area is 87.9 Å². The Balaban J connectivity index is 4.04. The highest BCUT2D eigenvalue weighted by atomic mass is 16.2. The second-order valence-corrected chi connectivity index (χ2v) is 3.97. The zero-order valence-corrected chi connectivity index (χ0v) is 10.1. The molecule has 0 saturated heterocycles. The molecule has 0 rings (SSSR count). The van der Waals surface area contributed by atoms with Crippen molar-refractivity contribution in [2.24, 2.45) is 0 Å². The van der Waals surface area contributed by atoms with Crippen molar-refractivity contribution in [3.8, 4) is 0 Å². The van der Waals surface area contributed by atoms with Crippen LogP contribution in [0.3, 0.4) is 0 Å². The molecule has 0 aromatic carbocycles.